The molecule has 0 bridgehead atoms. The summed E-state index contributed by atoms with van der Waals surface area (Å²) in [6.07, 6.45) is 1.37. The molecule has 1 radical (unpaired) electrons. The van der Waals surface area contributed by atoms with Crippen molar-refractivity contribution in [2.45, 2.75) is 8.25 Å². The van der Waals surface area contributed by atoms with Gasteiger partial charge < -0.3 is 0 Å². The Bertz CT molecular complexity index is 44.3. The standard InChI is InChI=1S/C2H7B3I2.Rh/c3-5-4-1-2(6)7;/h2,4-5H,1,3H2;. The molecule has 0 aliphatic carbocycles. The fourth-order valence-electron chi connectivity index (χ4n) is 0.358. The van der Waals surface area contributed by atoms with E-state index in [4.69, 9.17) is 0 Å². The van der Waals surface area contributed by atoms with E-state index in [1.807, 2.05) is 0 Å². The van der Waals surface area contributed by atoms with Crippen LogP contribution in [0.2, 0.25) is 6.32 Å². The van der Waals surface area contributed by atoms with Gasteiger partial charge in [-0.1, -0.05) is 51.5 Å². The summed E-state index contributed by atoms with van der Waals surface area (Å²) in [6.45, 7) is 0. The van der Waals surface area contributed by atoms with Gasteiger partial charge >= 0.3 is 0 Å². The second-order valence-corrected chi connectivity index (χ2v) is 6.92. The fraction of sp³-hybridized carbons (Fsp3) is 1.00. The minimum Gasteiger partial charge on any atom is -0.0718 e. The third kappa shape index (κ3) is 11.1. The largest absolute Gasteiger partial charge is 0.0803 e. The third-order valence-electron chi connectivity index (χ3n) is 0.776. The summed E-state index contributed by atoms with van der Waals surface area (Å²) in [6, 6.07) is 0. The van der Waals surface area contributed by atoms with Gasteiger partial charge in [0.15, 0.2) is 0 Å². The summed E-state index contributed by atoms with van der Waals surface area (Å²) in [7, 11) is 4.95. The van der Waals surface area contributed by atoms with Crippen LogP contribution < -0.4 is 0 Å². The molecule has 0 saturated heterocycles. The van der Waals surface area contributed by atoms with Gasteiger partial charge in [-0.2, -0.15) is 0 Å². The van der Waals surface area contributed by atoms with Gasteiger partial charge in [-0.05, 0) is 0 Å². The molecular weight excluding hydrogens is 413 g/mol. The molecule has 0 aromatic heterocycles. The van der Waals surface area contributed by atoms with Crippen LogP contribution in [0.5, 0.6) is 0 Å². The zero-order valence-electron chi connectivity index (χ0n) is 4.79. The van der Waals surface area contributed by atoms with Crippen LogP contribution in [0.25, 0.3) is 0 Å². The zero-order chi connectivity index (χ0) is 5.70. The molecule has 0 saturated carbocycles. The molecule has 0 aliphatic rings. The Morgan fingerprint density at radius 3 is 2.12 bits per heavy atom. The van der Waals surface area contributed by atoms with Crippen LogP contribution in [-0.2, 0) is 19.5 Å². The first-order valence-corrected chi connectivity index (χ1v) is 5.04. The number of hydrogen-bond acceptors (Lipinski definition) is 0. The van der Waals surface area contributed by atoms with E-state index in [1.54, 1.807) is 0 Å². The minimum absolute atomic E-state index is 0. The van der Waals surface area contributed by atoms with E-state index in [-0.39, 0.29) is 19.5 Å². The number of halogens is 2. The van der Waals surface area contributed by atoms with Crippen molar-refractivity contribution in [1.82, 2.24) is 0 Å². The predicted molar refractivity (Wildman–Crippen MR) is 59.5 cm³/mol. The van der Waals surface area contributed by atoms with Crippen LogP contribution in [0.15, 0.2) is 0 Å². The predicted octanol–water partition coefficient (Wildman–Crippen LogP) is -0.0656. The van der Waals surface area contributed by atoms with E-state index in [1.165, 1.54) is 20.6 Å². The first-order valence-electron chi connectivity index (χ1n) is 2.55. The Balaban J connectivity index is 0. The molecule has 0 amide bonds. The second kappa shape index (κ2) is 9.28. The molecule has 0 rings (SSSR count). The maximum absolute atomic E-state index is 2.45. The van der Waals surface area contributed by atoms with Crippen LogP contribution in [0.1, 0.15) is 0 Å². The van der Waals surface area contributed by atoms with Crippen molar-refractivity contribution in [2.75, 3.05) is 0 Å². The summed E-state index contributed by atoms with van der Waals surface area (Å²) in [4.78, 5) is 0. The van der Waals surface area contributed by atoms with Gasteiger partial charge in [-0.3, -0.25) is 0 Å². The molecule has 0 aromatic carbocycles. The SMILES string of the molecule is BBBCC(I)I.[Rh]. The van der Waals surface area contributed by atoms with Gasteiger partial charge in [-0.15, -0.1) is 0 Å². The Morgan fingerprint density at radius 2 is 2.00 bits per heavy atom. The van der Waals surface area contributed by atoms with E-state index < -0.39 is 0 Å². The molecule has 8 heavy (non-hydrogen) atoms. The molecule has 0 atom stereocenters. The fourth-order valence-corrected chi connectivity index (χ4v) is 1.24. The van der Waals surface area contributed by atoms with Crippen LogP contribution in [0.4, 0.5) is 0 Å². The topological polar surface area (TPSA) is 0 Å². The Hall–Kier alpha value is 2.28. The monoisotopic (exact) mass is 421 g/mol. The van der Waals surface area contributed by atoms with Crippen molar-refractivity contribution in [3.63, 3.8) is 0 Å². The Morgan fingerprint density at radius 1 is 1.50 bits per heavy atom. The van der Waals surface area contributed by atoms with E-state index in [9.17, 15) is 0 Å². The van der Waals surface area contributed by atoms with Crippen molar-refractivity contribution in [3.8, 4) is 0 Å². The van der Waals surface area contributed by atoms with Gasteiger partial charge in [0, 0.05) is 19.5 Å². The van der Waals surface area contributed by atoms with Crippen molar-refractivity contribution in [1.29, 1.82) is 0 Å². The number of hydrogen-bond donors (Lipinski definition) is 0. The van der Waals surface area contributed by atoms with E-state index in [2.05, 4.69) is 52.9 Å². The van der Waals surface area contributed by atoms with Crippen molar-refractivity contribution >= 4 is 67.2 Å². The van der Waals surface area contributed by atoms with Crippen LogP contribution in [-0.4, -0.2) is 23.9 Å². The molecule has 0 spiro atoms. The minimum atomic E-state index is 0. The van der Waals surface area contributed by atoms with Gasteiger partial charge in [0.05, 0.1) is 23.9 Å². The van der Waals surface area contributed by atoms with Crippen LogP contribution >= 0.6 is 45.2 Å². The quantitative estimate of drug-likeness (QED) is 0.341. The molecule has 0 unspecified atom stereocenters. The maximum atomic E-state index is 2.45. The molecule has 0 fully saturated rings. The normalized spacial score (nSPS) is 7.88. The first-order chi connectivity index (χ1) is 3.27. The van der Waals surface area contributed by atoms with Crippen molar-refractivity contribution < 1.29 is 19.5 Å². The molecule has 0 aliphatic heterocycles. The third-order valence-corrected chi connectivity index (χ3v) is 2.02. The molecule has 6 heteroatoms. The molecule has 0 heterocycles. The summed E-state index contributed by atoms with van der Waals surface area (Å²) >= 11 is 4.90. The smallest absolute Gasteiger partial charge is 0.0718 e. The summed E-state index contributed by atoms with van der Waals surface area (Å²) in [5.74, 6) is 0. The van der Waals surface area contributed by atoms with Crippen molar-refractivity contribution in [3.05, 3.63) is 0 Å². The summed E-state index contributed by atoms with van der Waals surface area (Å²) in [5, 5.41) is 0. The molecule has 0 N–H and O–H groups in total. The van der Waals surface area contributed by atoms with E-state index in [0.717, 1.165) is 1.93 Å². The summed E-state index contributed by atoms with van der Waals surface area (Å²) < 4.78 is 0.843. The van der Waals surface area contributed by atoms with E-state index in [0.29, 0.717) is 0 Å². The Kier molecular flexibility index (Phi) is 15.0. The second-order valence-electron chi connectivity index (χ2n) is 1.53. The molecule has 47 valence electrons. The average Bonchev–Trinajstić information content (AvgIpc) is 1.61. The van der Waals surface area contributed by atoms with Crippen LogP contribution in [0.3, 0.4) is 0 Å². The molecular formula is C2H7B3I2Rh. The molecule has 0 aromatic rings. The Labute approximate surface area is 93.6 Å². The maximum Gasteiger partial charge on any atom is 0.0803 e. The van der Waals surface area contributed by atoms with E-state index >= 15 is 0 Å². The average molecular weight is 420 g/mol. The van der Waals surface area contributed by atoms with Gasteiger partial charge in [-0.25, -0.2) is 0 Å². The van der Waals surface area contributed by atoms with Crippen LogP contribution in [0, 0.1) is 0 Å². The van der Waals surface area contributed by atoms with Gasteiger partial charge in [0.1, 0.15) is 0 Å². The van der Waals surface area contributed by atoms with Gasteiger partial charge in [0.25, 0.3) is 0 Å². The zero-order valence-corrected chi connectivity index (χ0v) is 10.7. The van der Waals surface area contributed by atoms with Gasteiger partial charge in [0.2, 0.25) is 0 Å². The first kappa shape index (κ1) is 12.9. The summed E-state index contributed by atoms with van der Waals surface area (Å²) in [5.41, 5.74) is 0. The molecule has 0 nitrogen and oxygen atoms in total. The van der Waals surface area contributed by atoms with Crippen molar-refractivity contribution in [2.24, 2.45) is 0 Å². The number of alkyl halides is 2. The number of rotatable bonds is 3.